The third-order valence-corrected chi connectivity index (χ3v) is 3.59. The number of hydrazine groups is 1. The molecule has 0 radical (unpaired) electrons. The monoisotopic (exact) mass is 250 g/mol. The van der Waals surface area contributed by atoms with Gasteiger partial charge in [-0.2, -0.15) is 0 Å². The first kappa shape index (κ1) is 13.3. The molecule has 1 aliphatic carbocycles. The summed E-state index contributed by atoms with van der Waals surface area (Å²) in [6, 6.07) is 6.10. The van der Waals surface area contributed by atoms with Gasteiger partial charge in [0.05, 0.1) is 19.3 Å². The first-order chi connectivity index (χ1) is 8.71. The van der Waals surface area contributed by atoms with Crippen molar-refractivity contribution in [1.29, 1.82) is 0 Å². The smallest absolute Gasteiger partial charge is 0.123 e. The zero-order chi connectivity index (χ0) is 13.1. The molecule has 1 saturated carbocycles. The minimum absolute atomic E-state index is 0.0302. The third-order valence-electron chi connectivity index (χ3n) is 3.59. The van der Waals surface area contributed by atoms with Crippen LogP contribution in [0.2, 0.25) is 0 Å². The van der Waals surface area contributed by atoms with Gasteiger partial charge in [0.1, 0.15) is 5.75 Å². The fourth-order valence-electron chi connectivity index (χ4n) is 2.48. The Bertz CT molecular complexity index is 405. The van der Waals surface area contributed by atoms with Crippen molar-refractivity contribution < 1.29 is 9.47 Å². The number of aryl methyl sites for hydroxylation is 1. The van der Waals surface area contributed by atoms with E-state index in [0.717, 1.165) is 11.3 Å². The summed E-state index contributed by atoms with van der Waals surface area (Å²) < 4.78 is 11.0. The van der Waals surface area contributed by atoms with Gasteiger partial charge in [-0.3, -0.25) is 11.3 Å². The molecule has 3 N–H and O–H groups in total. The van der Waals surface area contributed by atoms with Gasteiger partial charge in [-0.25, -0.2) is 0 Å². The third kappa shape index (κ3) is 2.66. The van der Waals surface area contributed by atoms with Crippen LogP contribution < -0.4 is 16.0 Å². The first-order valence-corrected chi connectivity index (χ1v) is 6.34. The zero-order valence-corrected chi connectivity index (χ0v) is 11.3. The summed E-state index contributed by atoms with van der Waals surface area (Å²) in [5.74, 6) is 7.19. The summed E-state index contributed by atoms with van der Waals surface area (Å²) in [4.78, 5) is 0. The Morgan fingerprint density at radius 3 is 2.56 bits per heavy atom. The molecule has 0 spiro atoms. The molecule has 2 unspecified atom stereocenters. The Hall–Kier alpha value is -1.10. The molecule has 0 bridgehead atoms. The van der Waals surface area contributed by atoms with E-state index in [0.29, 0.717) is 5.92 Å². The topological polar surface area (TPSA) is 56.5 Å². The molecular formula is C14H22N2O2. The SMILES string of the molecule is COc1ccc(C)cc1C(NN)C(OC)C1CC1. The normalized spacial score (nSPS) is 18.4. The summed E-state index contributed by atoms with van der Waals surface area (Å²) >= 11 is 0. The van der Waals surface area contributed by atoms with Crippen LogP contribution in [0.3, 0.4) is 0 Å². The average molecular weight is 250 g/mol. The van der Waals surface area contributed by atoms with Gasteiger partial charge in [0.15, 0.2) is 0 Å². The van der Waals surface area contributed by atoms with E-state index in [9.17, 15) is 0 Å². The van der Waals surface area contributed by atoms with Gasteiger partial charge in [0.2, 0.25) is 0 Å². The second kappa shape index (κ2) is 5.69. The highest BCUT2D eigenvalue weighted by molar-refractivity contribution is 5.40. The summed E-state index contributed by atoms with van der Waals surface area (Å²) in [5, 5.41) is 0. The van der Waals surface area contributed by atoms with Crippen molar-refractivity contribution in [3.8, 4) is 5.75 Å². The molecule has 4 nitrogen and oxygen atoms in total. The Balaban J connectivity index is 2.33. The van der Waals surface area contributed by atoms with Gasteiger partial charge in [-0.1, -0.05) is 17.7 Å². The van der Waals surface area contributed by atoms with Crippen LogP contribution in [0.15, 0.2) is 18.2 Å². The molecular weight excluding hydrogens is 228 g/mol. The molecule has 4 heteroatoms. The Kier molecular flexibility index (Phi) is 4.22. The molecule has 0 heterocycles. The van der Waals surface area contributed by atoms with E-state index < -0.39 is 0 Å². The second-order valence-corrected chi connectivity index (χ2v) is 4.93. The Labute approximate surface area is 108 Å². The number of benzene rings is 1. The molecule has 18 heavy (non-hydrogen) atoms. The van der Waals surface area contributed by atoms with Crippen LogP contribution in [0, 0.1) is 12.8 Å². The van der Waals surface area contributed by atoms with Crippen LogP contribution in [0.25, 0.3) is 0 Å². The van der Waals surface area contributed by atoms with Crippen molar-refractivity contribution in [3.63, 3.8) is 0 Å². The van der Waals surface area contributed by atoms with E-state index >= 15 is 0 Å². The number of methoxy groups -OCH3 is 2. The van der Waals surface area contributed by atoms with E-state index in [1.807, 2.05) is 12.1 Å². The fourth-order valence-corrected chi connectivity index (χ4v) is 2.48. The molecule has 0 aliphatic heterocycles. The largest absolute Gasteiger partial charge is 0.496 e. The maximum atomic E-state index is 5.73. The van der Waals surface area contributed by atoms with Gasteiger partial charge in [0, 0.05) is 12.7 Å². The van der Waals surface area contributed by atoms with Crippen LogP contribution in [-0.4, -0.2) is 20.3 Å². The molecule has 0 amide bonds. The van der Waals surface area contributed by atoms with Crippen LogP contribution in [-0.2, 0) is 4.74 Å². The highest BCUT2D eigenvalue weighted by Crippen LogP contribution is 2.41. The second-order valence-electron chi connectivity index (χ2n) is 4.93. The van der Waals surface area contributed by atoms with Gasteiger partial charge >= 0.3 is 0 Å². The molecule has 100 valence electrons. The van der Waals surface area contributed by atoms with Gasteiger partial charge in [0.25, 0.3) is 0 Å². The van der Waals surface area contributed by atoms with Crippen LogP contribution in [0.5, 0.6) is 5.75 Å². The number of hydrogen-bond acceptors (Lipinski definition) is 4. The van der Waals surface area contributed by atoms with E-state index in [4.69, 9.17) is 15.3 Å². The lowest BCUT2D eigenvalue weighted by molar-refractivity contribution is 0.0499. The average Bonchev–Trinajstić information content (AvgIpc) is 3.20. The lowest BCUT2D eigenvalue weighted by Gasteiger charge is -2.27. The van der Waals surface area contributed by atoms with Crippen molar-refractivity contribution >= 4 is 0 Å². The lowest BCUT2D eigenvalue weighted by Crippen LogP contribution is -2.39. The van der Waals surface area contributed by atoms with Crippen LogP contribution in [0.4, 0.5) is 0 Å². The van der Waals surface area contributed by atoms with Crippen molar-refractivity contribution in [2.75, 3.05) is 14.2 Å². The standard InChI is InChI=1S/C14H22N2O2/c1-9-4-7-12(17-2)11(8-9)13(16-15)14(18-3)10-5-6-10/h4,7-8,10,13-14,16H,5-6,15H2,1-3H3. The Morgan fingerprint density at radius 1 is 1.33 bits per heavy atom. The number of nitrogens with two attached hydrogens (primary N) is 1. The van der Waals surface area contributed by atoms with Crippen LogP contribution >= 0.6 is 0 Å². The Morgan fingerprint density at radius 2 is 2.06 bits per heavy atom. The molecule has 0 aromatic heterocycles. The number of nitrogens with one attached hydrogen (secondary N) is 1. The number of ether oxygens (including phenoxy) is 2. The highest BCUT2D eigenvalue weighted by Gasteiger charge is 2.38. The van der Waals surface area contributed by atoms with E-state index in [-0.39, 0.29) is 12.1 Å². The molecule has 1 aromatic carbocycles. The predicted molar refractivity (Wildman–Crippen MR) is 71.3 cm³/mol. The van der Waals surface area contributed by atoms with Gasteiger partial charge < -0.3 is 9.47 Å². The maximum Gasteiger partial charge on any atom is 0.123 e. The highest BCUT2D eigenvalue weighted by atomic mass is 16.5. The molecule has 1 aliphatic rings. The zero-order valence-electron chi connectivity index (χ0n) is 11.3. The minimum Gasteiger partial charge on any atom is -0.496 e. The lowest BCUT2D eigenvalue weighted by atomic mass is 9.96. The summed E-state index contributed by atoms with van der Waals surface area (Å²) in [6.45, 7) is 2.06. The van der Waals surface area contributed by atoms with Gasteiger partial charge in [-0.05, 0) is 31.7 Å². The predicted octanol–water partition coefficient (Wildman–Crippen LogP) is 1.93. The number of hydrogen-bond donors (Lipinski definition) is 2. The van der Waals surface area contributed by atoms with Crippen LogP contribution in [0.1, 0.15) is 30.0 Å². The maximum absolute atomic E-state index is 5.73. The summed E-state index contributed by atoms with van der Waals surface area (Å²) in [6.07, 6.45) is 2.53. The van der Waals surface area contributed by atoms with E-state index in [1.165, 1.54) is 18.4 Å². The summed E-state index contributed by atoms with van der Waals surface area (Å²) in [5.41, 5.74) is 5.15. The first-order valence-electron chi connectivity index (χ1n) is 6.34. The van der Waals surface area contributed by atoms with Crippen molar-refractivity contribution in [2.24, 2.45) is 11.8 Å². The number of rotatable bonds is 6. The quantitative estimate of drug-likeness (QED) is 0.598. The van der Waals surface area contributed by atoms with Crippen molar-refractivity contribution in [3.05, 3.63) is 29.3 Å². The van der Waals surface area contributed by atoms with Crippen molar-refractivity contribution in [1.82, 2.24) is 5.43 Å². The molecule has 2 atom stereocenters. The summed E-state index contributed by atoms with van der Waals surface area (Å²) in [7, 11) is 3.43. The van der Waals surface area contributed by atoms with E-state index in [2.05, 4.69) is 18.4 Å². The molecule has 1 aromatic rings. The molecule has 0 saturated heterocycles. The minimum atomic E-state index is -0.0302. The van der Waals surface area contributed by atoms with Crippen molar-refractivity contribution in [2.45, 2.75) is 31.9 Å². The molecule has 1 fully saturated rings. The van der Waals surface area contributed by atoms with Gasteiger partial charge in [-0.15, -0.1) is 0 Å². The fraction of sp³-hybridized carbons (Fsp3) is 0.571. The van der Waals surface area contributed by atoms with E-state index in [1.54, 1.807) is 14.2 Å². The molecule has 2 rings (SSSR count).